The van der Waals surface area contributed by atoms with Gasteiger partial charge in [0.15, 0.2) is 11.2 Å². The summed E-state index contributed by atoms with van der Waals surface area (Å²) < 4.78 is 11.2. The maximum Gasteiger partial charge on any atom is 0.279 e. The summed E-state index contributed by atoms with van der Waals surface area (Å²) in [5.41, 5.74) is 7.56. The van der Waals surface area contributed by atoms with E-state index in [0.717, 1.165) is 11.1 Å². The molecule has 0 heterocycles. The monoisotopic (exact) mass is 429 g/mol. The molecule has 0 aliphatic rings. The van der Waals surface area contributed by atoms with Crippen molar-refractivity contribution >= 4 is 29.1 Å². The summed E-state index contributed by atoms with van der Waals surface area (Å²) in [5.74, 6) is 0.436. The minimum Gasteiger partial charge on any atom is -0.491 e. The second kappa shape index (κ2) is 10.6. The fourth-order valence-corrected chi connectivity index (χ4v) is 2.57. The summed E-state index contributed by atoms with van der Waals surface area (Å²) in [6.07, 6.45) is -0.710. The van der Waals surface area contributed by atoms with Crippen LogP contribution in [-0.2, 0) is 4.79 Å². The van der Waals surface area contributed by atoms with Crippen LogP contribution in [0.25, 0.3) is 0 Å². The van der Waals surface area contributed by atoms with Gasteiger partial charge < -0.3 is 9.47 Å². The summed E-state index contributed by atoms with van der Waals surface area (Å²) in [6, 6.07) is 12.3. The van der Waals surface area contributed by atoms with Crippen molar-refractivity contribution in [2.75, 3.05) is 0 Å². The van der Waals surface area contributed by atoms with Crippen LogP contribution in [0.15, 0.2) is 42.5 Å². The first-order valence-corrected chi connectivity index (χ1v) is 9.98. The summed E-state index contributed by atoms with van der Waals surface area (Å²) >= 11 is 5.06. The Labute approximate surface area is 182 Å². The van der Waals surface area contributed by atoms with Crippen LogP contribution in [0.2, 0.25) is 0 Å². The van der Waals surface area contributed by atoms with Crippen LogP contribution in [0, 0.1) is 13.8 Å². The van der Waals surface area contributed by atoms with Crippen LogP contribution in [0.5, 0.6) is 11.5 Å². The van der Waals surface area contributed by atoms with Crippen LogP contribution in [0.4, 0.5) is 0 Å². The van der Waals surface area contributed by atoms with E-state index >= 15 is 0 Å². The summed E-state index contributed by atoms with van der Waals surface area (Å²) in [4.78, 5) is 24.5. The molecule has 1 unspecified atom stereocenters. The zero-order valence-electron chi connectivity index (χ0n) is 17.7. The molecule has 2 aromatic carbocycles. The van der Waals surface area contributed by atoms with Gasteiger partial charge in [0.25, 0.3) is 11.8 Å². The fraction of sp³-hybridized carbons (Fsp3) is 0.318. The molecule has 2 amide bonds. The minimum atomic E-state index is -0.758. The number of benzene rings is 2. The number of thiocarbonyl (C=S) groups is 1. The molecule has 0 aromatic heterocycles. The maximum absolute atomic E-state index is 12.3. The molecule has 0 saturated carbocycles. The number of aryl methyl sites for hydroxylation is 2. The standard InChI is InChI=1S/C22H27N3O4S/c1-13(2)28-18-10-7-17(8-11-18)21(27)23-22(30)25-24-20(26)16(5)29-19-9-6-14(3)15(4)12-19/h6-13,16H,1-5H3,(H,24,26)(H2,23,25,27,30). The van der Waals surface area contributed by atoms with Crippen molar-refractivity contribution in [1.29, 1.82) is 0 Å². The minimum absolute atomic E-state index is 0.0331. The van der Waals surface area contributed by atoms with Crippen molar-refractivity contribution in [3.8, 4) is 11.5 Å². The lowest BCUT2D eigenvalue weighted by Crippen LogP contribution is -2.51. The first-order valence-electron chi connectivity index (χ1n) is 9.57. The number of carbonyl (C=O) groups is 2. The van der Waals surface area contributed by atoms with E-state index in [9.17, 15) is 9.59 Å². The highest BCUT2D eigenvalue weighted by atomic mass is 32.1. The molecule has 160 valence electrons. The van der Waals surface area contributed by atoms with E-state index in [1.54, 1.807) is 31.2 Å². The molecule has 2 rings (SSSR count). The van der Waals surface area contributed by atoms with Gasteiger partial charge in [-0.05, 0) is 94.4 Å². The van der Waals surface area contributed by atoms with Gasteiger partial charge in [0.1, 0.15) is 11.5 Å². The van der Waals surface area contributed by atoms with E-state index in [0.29, 0.717) is 17.1 Å². The van der Waals surface area contributed by atoms with E-state index < -0.39 is 17.9 Å². The van der Waals surface area contributed by atoms with Crippen LogP contribution in [-0.4, -0.2) is 29.1 Å². The molecule has 0 radical (unpaired) electrons. The van der Waals surface area contributed by atoms with E-state index in [2.05, 4.69) is 16.2 Å². The lowest BCUT2D eigenvalue weighted by atomic mass is 10.1. The quantitative estimate of drug-likeness (QED) is 0.483. The smallest absolute Gasteiger partial charge is 0.279 e. The van der Waals surface area contributed by atoms with Crippen molar-refractivity contribution in [2.45, 2.75) is 46.8 Å². The molecule has 30 heavy (non-hydrogen) atoms. The van der Waals surface area contributed by atoms with Crippen LogP contribution in [0.3, 0.4) is 0 Å². The number of nitrogens with one attached hydrogen (secondary N) is 3. The lowest BCUT2D eigenvalue weighted by molar-refractivity contribution is -0.127. The van der Waals surface area contributed by atoms with Gasteiger partial charge in [0.2, 0.25) is 0 Å². The Hall–Kier alpha value is -3.13. The van der Waals surface area contributed by atoms with Gasteiger partial charge in [0, 0.05) is 5.56 Å². The molecule has 0 fully saturated rings. The number of carbonyl (C=O) groups excluding carboxylic acids is 2. The predicted octanol–water partition coefficient (Wildman–Crippen LogP) is 3.19. The van der Waals surface area contributed by atoms with Gasteiger partial charge in [-0.3, -0.25) is 25.8 Å². The Bertz CT molecular complexity index is 913. The molecule has 2 aromatic rings. The molecule has 7 nitrogen and oxygen atoms in total. The molecule has 0 saturated heterocycles. The lowest BCUT2D eigenvalue weighted by Gasteiger charge is -2.17. The summed E-state index contributed by atoms with van der Waals surface area (Å²) in [5, 5.41) is 2.47. The molecule has 0 spiro atoms. The molecule has 0 aliphatic carbocycles. The molecule has 8 heteroatoms. The Morgan fingerprint density at radius 3 is 2.10 bits per heavy atom. The third-order valence-electron chi connectivity index (χ3n) is 4.18. The molecular weight excluding hydrogens is 402 g/mol. The Balaban J connectivity index is 1.80. The molecule has 3 N–H and O–H groups in total. The zero-order valence-corrected chi connectivity index (χ0v) is 18.6. The number of rotatable bonds is 6. The van der Waals surface area contributed by atoms with Gasteiger partial charge >= 0.3 is 0 Å². The zero-order chi connectivity index (χ0) is 22.3. The van der Waals surface area contributed by atoms with E-state index in [1.165, 1.54) is 0 Å². The van der Waals surface area contributed by atoms with Crippen molar-refractivity contribution in [3.05, 3.63) is 59.2 Å². The van der Waals surface area contributed by atoms with Gasteiger partial charge in [-0.2, -0.15) is 0 Å². The van der Waals surface area contributed by atoms with E-state index in [1.807, 2.05) is 45.9 Å². The van der Waals surface area contributed by atoms with Crippen molar-refractivity contribution in [2.24, 2.45) is 0 Å². The molecule has 0 aliphatic heterocycles. The highest BCUT2D eigenvalue weighted by Gasteiger charge is 2.16. The maximum atomic E-state index is 12.3. The molecule has 0 bridgehead atoms. The number of hydrogen-bond donors (Lipinski definition) is 3. The average Bonchev–Trinajstić information content (AvgIpc) is 2.69. The third kappa shape index (κ3) is 7.04. The normalized spacial score (nSPS) is 11.4. The van der Waals surface area contributed by atoms with Gasteiger partial charge in [-0.25, -0.2) is 0 Å². The Kier molecular flexibility index (Phi) is 8.17. The van der Waals surface area contributed by atoms with Gasteiger partial charge in [0.05, 0.1) is 6.10 Å². The number of amides is 2. The number of hydrogen-bond acceptors (Lipinski definition) is 5. The fourth-order valence-electron chi connectivity index (χ4n) is 2.43. The van der Waals surface area contributed by atoms with Crippen LogP contribution < -0.4 is 25.6 Å². The van der Waals surface area contributed by atoms with E-state index in [-0.39, 0.29) is 11.2 Å². The second-order valence-corrected chi connectivity index (χ2v) is 7.50. The topological polar surface area (TPSA) is 88.7 Å². The summed E-state index contributed by atoms with van der Waals surface area (Å²) in [6.45, 7) is 9.44. The van der Waals surface area contributed by atoms with Crippen molar-refractivity contribution < 1.29 is 19.1 Å². The second-order valence-electron chi connectivity index (χ2n) is 7.09. The SMILES string of the molecule is Cc1ccc(OC(C)C(=O)NNC(=S)NC(=O)c2ccc(OC(C)C)cc2)cc1C. The summed E-state index contributed by atoms with van der Waals surface area (Å²) in [7, 11) is 0. The molecular formula is C22H27N3O4S. The van der Waals surface area contributed by atoms with E-state index in [4.69, 9.17) is 21.7 Å². The highest BCUT2D eigenvalue weighted by Crippen LogP contribution is 2.17. The van der Waals surface area contributed by atoms with Crippen molar-refractivity contribution in [1.82, 2.24) is 16.2 Å². The van der Waals surface area contributed by atoms with Gasteiger partial charge in [-0.1, -0.05) is 6.07 Å². The Morgan fingerprint density at radius 1 is 0.867 bits per heavy atom. The van der Waals surface area contributed by atoms with Crippen LogP contribution >= 0.6 is 12.2 Å². The first kappa shape index (κ1) is 23.2. The predicted molar refractivity (Wildman–Crippen MR) is 120 cm³/mol. The third-order valence-corrected chi connectivity index (χ3v) is 4.38. The van der Waals surface area contributed by atoms with Crippen molar-refractivity contribution in [3.63, 3.8) is 0 Å². The Morgan fingerprint density at radius 2 is 1.50 bits per heavy atom. The number of hydrazine groups is 1. The molecule has 1 atom stereocenters. The first-order chi connectivity index (χ1) is 14.2. The van der Waals surface area contributed by atoms with Crippen LogP contribution in [0.1, 0.15) is 42.3 Å². The average molecular weight is 430 g/mol. The number of ether oxygens (including phenoxy) is 2. The van der Waals surface area contributed by atoms with Gasteiger partial charge in [-0.15, -0.1) is 0 Å². The largest absolute Gasteiger partial charge is 0.491 e. The highest BCUT2D eigenvalue weighted by molar-refractivity contribution is 7.80.